The van der Waals surface area contributed by atoms with Crippen LogP contribution in [0.5, 0.6) is 0 Å². The quantitative estimate of drug-likeness (QED) is 0.742. The molecule has 0 bridgehead atoms. The molecular formula is C23H27N3O. The van der Waals surface area contributed by atoms with E-state index < -0.39 is 0 Å². The van der Waals surface area contributed by atoms with Crippen molar-refractivity contribution in [2.45, 2.75) is 45.6 Å². The van der Waals surface area contributed by atoms with Crippen LogP contribution < -0.4 is 5.56 Å². The number of nitrogens with one attached hydrogen (secondary N) is 1. The SMILES string of the molecule is CCc1nc2ccc(CC(c3ccc(C)cc3)N3CCCC3)cc2[nH]c1=O. The van der Waals surface area contributed by atoms with Crippen LogP contribution in [0.15, 0.2) is 47.3 Å². The van der Waals surface area contributed by atoms with Crippen molar-refractivity contribution >= 4 is 11.0 Å². The molecule has 4 heteroatoms. The number of aromatic nitrogens is 2. The number of H-pyrrole nitrogens is 1. The third-order valence-electron chi connectivity index (χ3n) is 5.63. The van der Waals surface area contributed by atoms with E-state index in [9.17, 15) is 4.79 Å². The predicted octanol–water partition coefficient (Wildman–Crippen LogP) is 4.17. The highest BCUT2D eigenvalue weighted by molar-refractivity contribution is 5.74. The molecule has 1 aliphatic rings. The fourth-order valence-corrected chi connectivity index (χ4v) is 4.06. The highest BCUT2D eigenvalue weighted by Crippen LogP contribution is 2.29. The highest BCUT2D eigenvalue weighted by Gasteiger charge is 2.23. The molecule has 2 heterocycles. The zero-order valence-electron chi connectivity index (χ0n) is 16.2. The predicted molar refractivity (Wildman–Crippen MR) is 110 cm³/mol. The van der Waals surface area contributed by atoms with E-state index in [0.29, 0.717) is 18.2 Å². The second kappa shape index (κ2) is 7.65. The van der Waals surface area contributed by atoms with Gasteiger partial charge in [0.15, 0.2) is 0 Å². The number of likely N-dealkylation sites (tertiary alicyclic amines) is 1. The maximum Gasteiger partial charge on any atom is 0.270 e. The number of fused-ring (bicyclic) bond motifs is 1. The zero-order chi connectivity index (χ0) is 18.8. The van der Waals surface area contributed by atoms with Gasteiger partial charge in [0.1, 0.15) is 5.69 Å². The third-order valence-corrected chi connectivity index (χ3v) is 5.63. The monoisotopic (exact) mass is 361 g/mol. The topological polar surface area (TPSA) is 49.0 Å². The molecule has 0 radical (unpaired) electrons. The Kier molecular flexibility index (Phi) is 5.08. The number of hydrogen-bond acceptors (Lipinski definition) is 3. The largest absolute Gasteiger partial charge is 0.319 e. The molecule has 1 unspecified atom stereocenters. The van der Waals surface area contributed by atoms with Crippen molar-refractivity contribution in [2.75, 3.05) is 13.1 Å². The molecule has 0 amide bonds. The van der Waals surface area contributed by atoms with E-state index in [0.717, 1.165) is 30.5 Å². The summed E-state index contributed by atoms with van der Waals surface area (Å²) in [6.45, 7) is 6.40. The van der Waals surface area contributed by atoms with E-state index in [4.69, 9.17) is 0 Å². The average Bonchev–Trinajstić information content (AvgIpc) is 3.21. The first-order chi connectivity index (χ1) is 13.1. The van der Waals surface area contributed by atoms with Gasteiger partial charge in [-0.1, -0.05) is 42.8 Å². The second-order valence-corrected chi connectivity index (χ2v) is 7.59. The number of rotatable bonds is 5. The van der Waals surface area contributed by atoms with E-state index in [1.807, 2.05) is 13.0 Å². The minimum Gasteiger partial charge on any atom is -0.319 e. The Hall–Kier alpha value is -2.46. The Labute approximate surface area is 160 Å². The molecule has 1 N–H and O–H groups in total. The normalized spacial score (nSPS) is 16.1. The summed E-state index contributed by atoms with van der Waals surface area (Å²) in [6.07, 6.45) is 4.14. The summed E-state index contributed by atoms with van der Waals surface area (Å²) >= 11 is 0. The maximum absolute atomic E-state index is 12.1. The average molecular weight is 361 g/mol. The summed E-state index contributed by atoms with van der Waals surface area (Å²) in [7, 11) is 0. The van der Waals surface area contributed by atoms with Crippen molar-refractivity contribution in [3.63, 3.8) is 0 Å². The van der Waals surface area contributed by atoms with Crippen molar-refractivity contribution in [1.29, 1.82) is 0 Å². The van der Waals surface area contributed by atoms with Crippen LogP contribution in [0.4, 0.5) is 0 Å². The first-order valence-corrected chi connectivity index (χ1v) is 9.96. The van der Waals surface area contributed by atoms with E-state index in [1.165, 1.54) is 29.5 Å². The summed E-state index contributed by atoms with van der Waals surface area (Å²) in [5, 5.41) is 0. The van der Waals surface area contributed by atoms with Gasteiger partial charge in [0, 0.05) is 6.04 Å². The van der Waals surface area contributed by atoms with Crippen LogP contribution in [-0.2, 0) is 12.8 Å². The molecule has 3 aromatic rings. The molecule has 2 aromatic carbocycles. The van der Waals surface area contributed by atoms with Crippen LogP contribution in [0.25, 0.3) is 11.0 Å². The van der Waals surface area contributed by atoms with Gasteiger partial charge in [-0.2, -0.15) is 0 Å². The number of nitrogens with zero attached hydrogens (tertiary/aromatic N) is 2. The van der Waals surface area contributed by atoms with Gasteiger partial charge in [-0.3, -0.25) is 9.69 Å². The lowest BCUT2D eigenvalue weighted by Crippen LogP contribution is -2.27. The number of aryl methyl sites for hydroxylation is 2. The first-order valence-electron chi connectivity index (χ1n) is 9.96. The molecule has 1 atom stereocenters. The zero-order valence-corrected chi connectivity index (χ0v) is 16.2. The van der Waals surface area contributed by atoms with Gasteiger partial charge in [0.25, 0.3) is 5.56 Å². The van der Waals surface area contributed by atoms with Gasteiger partial charge in [0.2, 0.25) is 0 Å². The fourth-order valence-electron chi connectivity index (χ4n) is 4.06. The van der Waals surface area contributed by atoms with Crippen molar-refractivity contribution in [3.8, 4) is 0 Å². The fraction of sp³-hybridized carbons (Fsp3) is 0.391. The lowest BCUT2D eigenvalue weighted by Gasteiger charge is -2.28. The summed E-state index contributed by atoms with van der Waals surface area (Å²) in [4.78, 5) is 22.2. The molecule has 0 aliphatic carbocycles. The smallest absolute Gasteiger partial charge is 0.270 e. The number of hydrogen-bond donors (Lipinski definition) is 1. The van der Waals surface area contributed by atoms with Crippen molar-refractivity contribution in [2.24, 2.45) is 0 Å². The summed E-state index contributed by atoms with van der Waals surface area (Å²) in [5.74, 6) is 0. The lowest BCUT2D eigenvalue weighted by atomic mass is 9.96. The van der Waals surface area contributed by atoms with Gasteiger partial charge in [-0.15, -0.1) is 0 Å². The van der Waals surface area contributed by atoms with E-state index in [-0.39, 0.29) is 5.56 Å². The molecule has 140 valence electrons. The molecule has 27 heavy (non-hydrogen) atoms. The van der Waals surface area contributed by atoms with Crippen LogP contribution in [0.2, 0.25) is 0 Å². The Morgan fingerprint density at radius 3 is 2.56 bits per heavy atom. The standard InChI is InChI=1S/C23H27N3O/c1-3-19-23(27)25-21-14-17(8-11-20(21)24-19)15-22(26-12-4-5-13-26)18-9-6-16(2)7-10-18/h6-11,14,22H,3-5,12-13,15H2,1-2H3,(H,25,27). The van der Waals surface area contributed by atoms with Crippen LogP contribution in [-0.4, -0.2) is 28.0 Å². The second-order valence-electron chi connectivity index (χ2n) is 7.59. The number of aromatic amines is 1. The van der Waals surface area contributed by atoms with Crippen molar-refractivity contribution in [3.05, 3.63) is 75.2 Å². The minimum absolute atomic E-state index is 0.0724. The third kappa shape index (κ3) is 3.81. The van der Waals surface area contributed by atoms with E-state index in [1.54, 1.807) is 0 Å². The van der Waals surface area contributed by atoms with Gasteiger partial charge in [0.05, 0.1) is 11.0 Å². The van der Waals surface area contributed by atoms with Gasteiger partial charge in [-0.25, -0.2) is 4.98 Å². The molecule has 1 aromatic heterocycles. The van der Waals surface area contributed by atoms with Gasteiger partial charge < -0.3 is 4.98 Å². The molecule has 0 spiro atoms. The van der Waals surface area contributed by atoms with E-state index in [2.05, 4.69) is 58.2 Å². The summed E-state index contributed by atoms with van der Waals surface area (Å²) in [6, 6.07) is 15.6. The van der Waals surface area contributed by atoms with Crippen molar-refractivity contribution < 1.29 is 0 Å². The Morgan fingerprint density at radius 1 is 1.11 bits per heavy atom. The highest BCUT2D eigenvalue weighted by atomic mass is 16.1. The molecule has 0 saturated carbocycles. The molecule has 4 nitrogen and oxygen atoms in total. The number of benzene rings is 2. The molecule has 1 fully saturated rings. The van der Waals surface area contributed by atoms with E-state index >= 15 is 0 Å². The van der Waals surface area contributed by atoms with Crippen LogP contribution in [0.3, 0.4) is 0 Å². The summed E-state index contributed by atoms with van der Waals surface area (Å²) < 4.78 is 0. The Morgan fingerprint density at radius 2 is 1.85 bits per heavy atom. The van der Waals surface area contributed by atoms with Crippen LogP contribution in [0.1, 0.15) is 48.2 Å². The molecule has 1 saturated heterocycles. The maximum atomic E-state index is 12.1. The molecule has 4 rings (SSSR count). The Bertz CT molecular complexity index is 985. The van der Waals surface area contributed by atoms with Crippen molar-refractivity contribution in [1.82, 2.24) is 14.9 Å². The molecular weight excluding hydrogens is 334 g/mol. The van der Waals surface area contributed by atoms with Crippen LogP contribution in [0, 0.1) is 6.92 Å². The minimum atomic E-state index is -0.0724. The van der Waals surface area contributed by atoms with Crippen LogP contribution >= 0.6 is 0 Å². The lowest BCUT2D eigenvalue weighted by molar-refractivity contribution is 0.244. The summed E-state index contributed by atoms with van der Waals surface area (Å²) in [5.41, 5.74) is 6.13. The Balaban J connectivity index is 1.67. The van der Waals surface area contributed by atoms with Gasteiger partial charge >= 0.3 is 0 Å². The van der Waals surface area contributed by atoms with Gasteiger partial charge in [-0.05, 0) is 69.0 Å². The molecule has 1 aliphatic heterocycles. The first kappa shape index (κ1) is 17.9.